The van der Waals surface area contributed by atoms with Crippen LogP contribution in [0.4, 0.5) is 0 Å². The number of ether oxygens (including phenoxy) is 1. The van der Waals surface area contributed by atoms with Crippen molar-refractivity contribution in [1.82, 2.24) is 10.2 Å². The van der Waals surface area contributed by atoms with E-state index in [2.05, 4.69) is 55.1 Å². The zero-order valence-electron chi connectivity index (χ0n) is 17.4. The van der Waals surface area contributed by atoms with E-state index in [0.717, 1.165) is 5.56 Å². The molecule has 0 fully saturated rings. The molecule has 0 aliphatic rings. The molecule has 2 rings (SSSR count). The summed E-state index contributed by atoms with van der Waals surface area (Å²) in [7, 11) is 3.29. The van der Waals surface area contributed by atoms with Crippen LogP contribution in [0.2, 0.25) is 0 Å². The maximum Gasteiger partial charge on any atom is 0.337 e. The molecule has 0 unspecified atom stereocenters. The zero-order chi connectivity index (χ0) is 20.7. The molecule has 2 aromatic rings. The number of hydrogen-bond acceptors (Lipinski definition) is 4. The van der Waals surface area contributed by atoms with Crippen LogP contribution in [0.25, 0.3) is 0 Å². The molecule has 0 bridgehead atoms. The monoisotopic (exact) mass is 382 g/mol. The van der Waals surface area contributed by atoms with Crippen molar-refractivity contribution < 1.29 is 14.3 Å². The van der Waals surface area contributed by atoms with Gasteiger partial charge in [-0.15, -0.1) is 0 Å². The second kappa shape index (κ2) is 9.51. The SMILES string of the molecule is COC(=O)c1ccc(CNC(=O)CN(C)Cc2ccc(C(C)(C)C)cc2)cc1. The fourth-order valence-electron chi connectivity index (χ4n) is 2.86. The highest BCUT2D eigenvalue weighted by molar-refractivity contribution is 5.89. The maximum absolute atomic E-state index is 12.2. The van der Waals surface area contributed by atoms with Gasteiger partial charge in [-0.05, 0) is 41.3 Å². The number of rotatable bonds is 7. The van der Waals surface area contributed by atoms with Crippen LogP contribution in [0.15, 0.2) is 48.5 Å². The lowest BCUT2D eigenvalue weighted by Crippen LogP contribution is -2.34. The van der Waals surface area contributed by atoms with Gasteiger partial charge in [-0.1, -0.05) is 57.2 Å². The molecular weight excluding hydrogens is 352 g/mol. The second-order valence-electron chi connectivity index (χ2n) is 8.08. The standard InChI is InChI=1S/C23H30N2O3/c1-23(2,3)20-12-8-18(9-13-20)15-25(4)16-21(26)24-14-17-6-10-19(11-7-17)22(27)28-5/h6-13H,14-16H2,1-5H3,(H,24,26). The minimum absolute atomic E-state index is 0.0362. The summed E-state index contributed by atoms with van der Waals surface area (Å²) in [5.74, 6) is -0.404. The Balaban J connectivity index is 1.80. The highest BCUT2D eigenvalue weighted by Crippen LogP contribution is 2.22. The number of benzene rings is 2. The first kappa shape index (κ1) is 21.6. The second-order valence-corrected chi connectivity index (χ2v) is 8.08. The van der Waals surface area contributed by atoms with Crippen molar-refractivity contribution in [1.29, 1.82) is 0 Å². The lowest BCUT2D eigenvalue weighted by molar-refractivity contribution is -0.122. The smallest absolute Gasteiger partial charge is 0.337 e. The average molecular weight is 383 g/mol. The summed E-state index contributed by atoms with van der Waals surface area (Å²) in [4.78, 5) is 25.6. The molecule has 0 aliphatic heterocycles. The molecule has 0 aromatic heterocycles. The number of nitrogens with zero attached hydrogens (tertiary/aromatic N) is 1. The molecule has 0 heterocycles. The summed E-state index contributed by atoms with van der Waals surface area (Å²) in [6.07, 6.45) is 0. The van der Waals surface area contributed by atoms with Gasteiger partial charge in [0.2, 0.25) is 5.91 Å². The van der Waals surface area contributed by atoms with E-state index in [4.69, 9.17) is 0 Å². The van der Waals surface area contributed by atoms with Crippen molar-refractivity contribution in [2.24, 2.45) is 0 Å². The molecule has 28 heavy (non-hydrogen) atoms. The molecule has 0 aliphatic carbocycles. The van der Waals surface area contributed by atoms with Crippen molar-refractivity contribution >= 4 is 11.9 Å². The van der Waals surface area contributed by atoms with Gasteiger partial charge < -0.3 is 10.1 Å². The van der Waals surface area contributed by atoms with Crippen molar-refractivity contribution in [3.63, 3.8) is 0 Å². The van der Waals surface area contributed by atoms with E-state index in [1.54, 1.807) is 12.1 Å². The van der Waals surface area contributed by atoms with Crippen molar-refractivity contribution in [3.8, 4) is 0 Å². The maximum atomic E-state index is 12.2. The van der Waals surface area contributed by atoms with Gasteiger partial charge in [-0.2, -0.15) is 0 Å². The Bertz CT molecular complexity index is 790. The summed E-state index contributed by atoms with van der Waals surface area (Å²) < 4.78 is 4.68. The van der Waals surface area contributed by atoms with Crippen LogP contribution in [-0.2, 0) is 28.0 Å². The van der Waals surface area contributed by atoms with Crippen LogP contribution < -0.4 is 5.32 Å². The first-order valence-corrected chi connectivity index (χ1v) is 9.41. The van der Waals surface area contributed by atoms with Gasteiger partial charge in [0.25, 0.3) is 0 Å². The third-order valence-electron chi connectivity index (χ3n) is 4.55. The molecular formula is C23H30N2O3. The number of esters is 1. The van der Waals surface area contributed by atoms with E-state index < -0.39 is 0 Å². The highest BCUT2D eigenvalue weighted by atomic mass is 16.5. The van der Waals surface area contributed by atoms with Crippen LogP contribution in [0.3, 0.4) is 0 Å². The Morgan fingerprint density at radius 3 is 2.07 bits per heavy atom. The number of nitrogens with one attached hydrogen (secondary N) is 1. The van der Waals surface area contributed by atoms with Gasteiger partial charge in [0.05, 0.1) is 19.2 Å². The van der Waals surface area contributed by atoms with Crippen LogP contribution in [0, 0.1) is 0 Å². The van der Waals surface area contributed by atoms with E-state index >= 15 is 0 Å². The van der Waals surface area contributed by atoms with Gasteiger partial charge in [-0.3, -0.25) is 9.69 Å². The van der Waals surface area contributed by atoms with E-state index in [1.807, 2.05) is 24.1 Å². The van der Waals surface area contributed by atoms with Crippen LogP contribution >= 0.6 is 0 Å². The fourth-order valence-corrected chi connectivity index (χ4v) is 2.86. The lowest BCUT2D eigenvalue weighted by atomic mass is 9.87. The summed E-state index contributed by atoms with van der Waals surface area (Å²) >= 11 is 0. The molecule has 2 aromatic carbocycles. The van der Waals surface area contributed by atoms with Gasteiger partial charge >= 0.3 is 5.97 Å². The van der Waals surface area contributed by atoms with Gasteiger partial charge in [0, 0.05) is 13.1 Å². The number of amides is 1. The largest absolute Gasteiger partial charge is 0.465 e. The van der Waals surface area contributed by atoms with Crippen molar-refractivity contribution in [2.45, 2.75) is 39.3 Å². The highest BCUT2D eigenvalue weighted by Gasteiger charge is 2.13. The van der Waals surface area contributed by atoms with Gasteiger partial charge in [-0.25, -0.2) is 4.79 Å². The first-order chi connectivity index (χ1) is 13.2. The third kappa shape index (κ3) is 6.50. The zero-order valence-corrected chi connectivity index (χ0v) is 17.4. The Hall–Kier alpha value is -2.66. The third-order valence-corrected chi connectivity index (χ3v) is 4.55. The quantitative estimate of drug-likeness (QED) is 0.745. The number of hydrogen-bond donors (Lipinski definition) is 1. The number of carbonyl (C=O) groups is 2. The number of carbonyl (C=O) groups excluding carboxylic acids is 2. The molecule has 0 atom stereocenters. The molecule has 150 valence electrons. The van der Waals surface area contributed by atoms with E-state index in [-0.39, 0.29) is 17.3 Å². The Kier molecular flexibility index (Phi) is 7.35. The van der Waals surface area contributed by atoms with Gasteiger partial charge in [0.15, 0.2) is 0 Å². The molecule has 1 amide bonds. The molecule has 0 spiro atoms. The van der Waals surface area contributed by atoms with Crippen molar-refractivity contribution in [2.75, 3.05) is 20.7 Å². The molecule has 0 saturated heterocycles. The Labute approximate surface area is 167 Å². The normalized spacial score (nSPS) is 11.4. The number of likely N-dealkylation sites (N-methyl/N-ethyl adjacent to an activating group) is 1. The molecule has 0 radical (unpaired) electrons. The summed E-state index contributed by atoms with van der Waals surface area (Å²) in [6.45, 7) is 8.05. The van der Waals surface area contributed by atoms with Crippen LogP contribution in [0.1, 0.15) is 47.8 Å². The van der Waals surface area contributed by atoms with Crippen LogP contribution in [0.5, 0.6) is 0 Å². The molecule has 5 heteroatoms. The minimum Gasteiger partial charge on any atom is -0.465 e. The van der Waals surface area contributed by atoms with Crippen LogP contribution in [-0.4, -0.2) is 37.5 Å². The van der Waals surface area contributed by atoms with E-state index in [1.165, 1.54) is 18.2 Å². The lowest BCUT2D eigenvalue weighted by Gasteiger charge is -2.20. The van der Waals surface area contributed by atoms with Gasteiger partial charge in [0.1, 0.15) is 0 Å². The Morgan fingerprint density at radius 2 is 1.54 bits per heavy atom. The average Bonchev–Trinajstić information content (AvgIpc) is 2.65. The van der Waals surface area contributed by atoms with Crippen molar-refractivity contribution in [3.05, 3.63) is 70.8 Å². The van der Waals surface area contributed by atoms with E-state index in [0.29, 0.717) is 25.2 Å². The molecule has 0 saturated carbocycles. The molecule has 1 N–H and O–H groups in total. The topological polar surface area (TPSA) is 58.6 Å². The summed E-state index contributed by atoms with van der Waals surface area (Å²) in [6, 6.07) is 15.6. The summed E-state index contributed by atoms with van der Waals surface area (Å²) in [5.41, 5.74) is 4.05. The number of methoxy groups -OCH3 is 1. The predicted octanol–water partition coefficient (Wildman–Crippen LogP) is 3.52. The minimum atomic E-state index is -0.368. The van der Waals surface area contributed by atoms with E-state index in [9.17, 15) is 9.59 Å². The predicted molar refractivity (Wildman–Crippen MR) is 111 cm³/mol. The first-order valence-electron chi connectivity index (χ1n) is 9.41. The fraction of sp³-hybridized carbons (Fsp3) is 0.391. The Morgan fingerprint density at radius 1 is 0.964 bits per heavy atom. The molecule has 5 nitrogen and oxygen atoms in total. The summed E-state index contributed by atoms with van der Waals surface area (Å²) in [5, 5.41) is 2.91.